The Bertz CT molecular complexity index is 2860. The van der Waals surface area contributed by atoms with Crippen molar-refractivity contribution in [3.63, 3.8) is 0 Å². The van der Waals surface area contributed by atoms with Crippen LogP contribution in [0.1, 0.15) is 60.2 Å². The molecule has 3 aliphatic rings. The minimum atomic E-state index is -0.730. The molecule has 1 atom stereocenters. The van der Waals surface area contributed by atoms with Gasteiger partial charge in [-0.1, -0.05) is 55.8 Å². The number of fused-ring (bicyclic) bond motifs is 7. The summed E-state index contributed by atoms with van der Waals surface area (Å²) in [7, 11) is 0. The molecule has 7 heteroatoms. The van der Waals surface area contributed by atoms with Crippen LogP contribution in [0.3, 0.4) is 0 Å². The van der Waals surface area contributed by atoms with E-state index in [0.29, 0.717) is 0 Å². The van der Waals surface area contributed by atoms with Crippen LogP contribution in [0.15, 0.2) is 103 Å². The van der Waals surface area contributed by atoms with Crippen molar-refractivity contribution in [2.24, 2.45) is 0 Å². The number of hydrogen-bond donors (Lipinski definition) is 0. The van der Waals surface area contributed by atoms with E-state index in [0.717, 1.165) is 40.1 Å². The van der Waals surface area contributed by atoms with Crippen molar-refractivity contribution in [2.75, 3.05) is 0 Å². The molecular formula is C44H38N6O+2. The number of pyridine rings is 1. The first-order chi connectivity index (χ1) is 24.6. The highest BCUT2D eigenvalue weighted by Gasteiger charge is 2.70. The molecular weight excluding hydrogens is 629 g/mol. The zero-order valence-corrected chi connectivity index (χ0v) is 29.9. The van der Waals surface area contributed by atoms with Gasteiger partial charge in [-0.3, -0.25) is 0 Å². The third kappa shape index (κ3) is 3.33. The van der Waals surface area contributed by atoms with Gasteiger partial charge >= 0.3 is 5.66 Å². The summed E-state index contributed by atoms with van der Waals surface area (Å²) in [5.74, 6) is 2.94. The van der Waals surface area contributed by atoms with E-state index in [2.05, 4.69) is 163 Å². The van der Waals surface area contributed by atoms with E-state index in [9.17, 15) is 0 Å². The molecule has 0 saturated heterocycles. The van der Waals surface area contributed by atoms with Gasteiger partial charge in [0.05, 0.1) is 28.8 Å². The van der Waals surface area contributed by atoms with E-state index in [1.165, 1.54) is 61.0 Å². The largest absolute Gasteiger partial charge is 0.456 e. The molecule has 7 heterocycles. The number of aromatic nitrogens is 6. The van der Waals surface area contributed by atoms with Gasteiger partial charge in [0.25, 0.3) is 5.82 Å². The first-order valence-electron chi connectivity index (χ1n) is 17.8. The summed E-state index contributed by atoms with van der Waals surface area (Å²) >= 11 is 0. The number of ether oxygens (including phenoxy) is 1. The molecule has 0 amide bonds. The fourth-order valence-corrected chi connectivity index (χ4v) is 9.56. The fraction of sp³-hybridized carbons (Fsp3) is 0.205. The number of hydrogen-bond acceptors (Lipinski definition) is 2. The molecule has 3 aliphatic heterocycles. The van der Waals surface area contributed by atoms with E-state index >= 15 is 0 Å². The molecule has 11 rings (SSSR count). The van der Waals surface area contributed by atoms with Crippen LogP contribution in [0.25, 0.3) is 50.1 Å². The van der Waals surface area contributed by atoms with Crippen molar-refractivity contribution >= 4 is 21.8 Å². The van der Waals surface area contributed by atoms with Crippen molar-refractivity contribution in [3.05, 3.63) is 143 Å². The molecule has 4 aromatic heterocycles. The molecule has 7 nitrogen and oxygen atoms in total. The second-order valence-electron chi connectivity index (χ2n) is 15.6. The quantitative estimate of drug-likeness (QED) is 0.174. The summed E-state index contributed by atoms with van der Waals surface area (Å²) in [6, 6.07) is 35.5. The second kappa shape index (κ2) is 9.23. The predicted octanol–water partition coefficient (Wildman–Crippen LogP) is 8.56. The smallest absolute Gasteiger partial charge is 0.397 e. The van der Waals surface area contributed by atoms with Crippen LogP contribution in [0, 0.1) is 27.7 Å². The van der Waals surface area contributed by atoms with E-state index in [1.54, 1.807) is 0 Å². The molecule has 8 aromatic rings. The lowest BCUT2D eigenvalue weighted by atomic mass is 9.83. The van der Waals surface area contributed by atoms with Crippen LogP contribution in [-0.4, -0.2) is 19.0 Å². The first kappa shape index (κ1) is 28.8. The Morgan fingerprint density at radius 3 is 2.31 bits per heavy atom. The van der Waals surface area contributed by atoms with E-state index in [1.807, 2.05) is 11.6 Å². The van der Waals surface area contributed by atoms with Gasteiger partial charge < -0.3 is 4.74 Å². The number of nitrogens with zero attached hydrogens (tertiary/aromatic N) is 6. The Balaban J connectivity index is 1.28. The number of para-hydroxylation sites is 1. The van der Waals surface area contributed by atoms with E-state index < -0.39 is 5.66 Å². The van der Waals surface area contributed by atoms with Crippen LogP contribution in [0.4, 0.5) is 0 Å². The monoisotopic (exact) mass is 666 g/mol. The zero-order valence-electron chi connectivity index (χ0n) is 29.9. The lowest BCUT2D eigenvalue weighted by molar-refractivity contribution is -0.995. The molecule has 248 valence electrons. The molecule has 0 radical (unpaired) electrons. The highest BCUT2D eigenvalue weighted by atomic mass is 16.5. The second-order valence-corrected chi connectivity index (χ2v) is 15.6. The third-order valence-electron chi connectivity index (χ3n) is 11.6. The average molecular weight is 667 g/mol. The van der Waals surface area contributed by atoms with Gasteiger partial charge in [-0.15, -0.1) is 4.68 Å². The highest BCUT2D eigenvalue weighted by Crippen LogP contribution is 2.56. The van der Waals surface area contributed by atoms with Gasteiger partial charge in [-0.2, -0.15) is 14.2 Å². The van der Waals surface area contributed by atoms with Gasteiger partial charge in [-0.25, -0.2) is 4.68 Å². The molecule has 0 aliphatic carbocycles. The molecule has 51 heavy (non-hydrogen) atoms. The lowest BCUT2D eigenvalue weighted by Gasteiger charge is -2.33. The topological polar surface area (TPSA) is 44.7 Å². The first-order valence-corrected chi connectivity index (χ1v) is 17.8. The van der Waals surface area contributed by atoms with Crippen molar-refractivity contribution < 1.29 is 14.0 Å². The van der Waals surface area contributed by atoms with Crippen LogP contribution in [-0.2, 0) is 11.1 Å². The van der Waals surface area contributed by atoms with Gasteiger partial charge in [-0.05, 0) is 98.0 Å². The van der Waals surface area contributed by atoms with Crippen molar-refractivity contribution in [1.82, 2.24) is 19.0 Å². The fourth-order valence-electron chi connectivity index (χ4n) is 9.56. The number of rotatable bonds is 2. The van der Waals surface area contributed by atoms with Gasteiger partial charge in [0, 0.05) is 29.5 Å². The minimum absolute atomic E-state index is 0.0293. The van der Waals surface area contributed by atoms with Crippen molar-refractivity contribution in [1.29, 1.82) is 0 Å². The van der Waals surface area contributed by atoms with Crippen molar-refractivity contribution in [2.45, 2.75) is 59.5 Å². The zero-order chi connectivity index (χ0) is 34.7. The Morgan fingerprint density at radius 2 is 1.55 bits per heavy atom. The number of benzene rings is 4. The summed E-state index contributed by atoms with van der Waals surface area (Å²) in [4.78, 5) is 0. The van der Waals surface area contributed by atoms with Gasteiger partial charge in [0.15, 0.2) is 11.1 Å². The lowest BCUT2D eigenvalue weighted by Crippen LogP contribution is -2.77. The molecule has 0 N–H and O–H groups in total. The third-order valence-corrected chi connectivity index (χ3v) is 11.6. The SMILES string of the molecule is Cc1cc(C)n(-c2ccc(-c3c(C)n4[n+](c3C)C35c6c(cccc6-4)Oc4ccc6c7ccccc7n(c6c43)-c3cc(C(C)(C)C)cc[n+]35)cc2)n1. The summed E-state index contributed by atoms with van der Waals surface area (Å²) in [5.41, 5.74) is 14.4. The predicted molar refractivity (Wildman–Crippen MR) is 199 cm³/mol. The molecule has 0 bridgehead atoms. The summed E-state index contributed by atoms with van der Waals surface area (Å²) in [6.45, 7) is 15.6. The van der Waals surface area contributed by atoms with Crippen LogP contribution in [0.2, 0.25) is 0 Å². The van der Waals surface area contributed by atoms with Crippen LogP contribution in [0.5, 0.6) is 11.5 Å². The van der Waals surface area contributed by atoms with Crippen LogP contribution < -0.4 is 14.0 Å². The normalized spacial score (nSPS) is 16.4. The van der Waals surface area contributed by atoms with E-state index in [-0.39, 0.29) is 5.41 Å². The maximum absolute atomic E-state index is 6.92. The standard InChI is InChI=1S/C44H38N6O/c1-25-23-26(2)48(45-25)31-17-15-29(16-18-31)39-27(3)49-35-13-10-14-36-40(35)44(50(49)28(39)4)41-37(51-36)20-19-33-32-11-8-9-12-34(32)47(42(33)41)38-24-30(43(5,6)7)21-22-46(38)44/h8-24H,1-7H3/q+2. The molecule has 1 spiro atoms. The Hall–Kier alpha value is -5.95. The van der Waals surface area contributed by atoms with Crippen LogP contribution >= 0.6 is 0 Å². The Labute approximate surface area is 296 Å². The van der Waals surface area contributed by atoms with Gasteiger partial charge in [0.2, 0.25) is 5.69 Å². The molecule has 0 fully saturated rings. The Morgan fingerprint density at radius 1 is 0.765 bits per heavy atom. The molecule has 1 unspecified atom stereocenters. The number of aryl methyl sites for hydroxylation is 2. The van der Waals surface area contributed by atoms with Crippen molar-refractivity contribution in [3.8, 4) is 39.8 Å². The molecule has 0 saturated carbocycles. The maximum atomic E-state index is 6.92. The summed E-state index contributed by atoms with van der Waals surface area (Å²) in [5, 5.41) is 7.22. The summed E-state index contributed by atoms with van der Waals surface area (Å²) in [6.07, 6.45) is 2.33. The maximum Gasteiger partial charge on any atom is 0.397 e. The average Bonchev–Trinajstić information content (AvgIpc) is 3.82. The molecule has 4 aromatic carbocycles. The Kier molecular flexibility index (Phi) is 5.22. The summed E-state index contributed by atoms with van der Waals surface area (Å²) < 4.78 is 19.0. The highest BCUT2D eigenvalue weighted by molar-refractivity contribution is 6.11. The van der Waals surface area contributed by atoms with Gasteiger partial charge in [0.1, 0.15) is 28.3 Å². The minimum Gasteiger partial charge on any atom is -0.456 e. The van der Waals surface area contributed by atoms with E-state index in [4.69, 9.17) is 9.84 Å².